The van der Waals surface area contributed by atoms with Gasteiger partial charge in [0.1, 0.15) is 23.7 Å². The maximum atomic E-state index is 13.8. The Morgan fingerprint density at radius 2 is 0.727 bits per heavy atom. The molecule has 132 heavy (non-hydrogen) atoms. The second-order valence-corrected chi connectivity index (χ2v) is 34.5. The number of likely N-dealkylation sites (N-methyl/N-ethyl adjacent to an activating group) is 4. The van der Waals surface area contributed by atoms with Crippen molar-refractivity contribution in [2.45, 2.75) is 222 Å². The molecule has 0 aliphatic carbocycles. The van der Waals surface area contributed by atoms with Gasteiger partial charge in [0.25, 0.3) is 17.9 Å². The van der Waals surface area contributed by atoms with Crippen molar-refractivity contribution in [2.75, 3.05) is 200 Å². The molecular formula is C81H175N21O22P2S6. The number of alkyl carbamates (subject to hydrolysis) is 1. The van der Waals surface area contributed by atoms with Crippen LogP contribution in [-0.2, 0) is 71.9 Å². The third kappa shape index (κ3) is 129. The van der Waals surface area contributed by atoms with Gasteiger partial charge < -0.3 is 124 Å². The average Bonchev–Trinajstić information content (AvgIpc) is 0.848. The van der Waals surface area contributed by atoms with Gasteiger partial charge in [-0.1, -0.05) is 90.4 Å². The van der Waals surface area contributed by atoms with Gasteiger partial charge in [-0.05, 0) is 211 Å². The third-order valence-electron chi connectivity index (χ3n) is 15.2. The minimum absolute atomic E-state index is 0.0813. The van der Waals surface area contributed by atoms with E-state index in [1.54, 1.807) is 112 Å². The number of carboxylic acids is 3. The Kier molecular flexibility index (Phi) is 146. The number of carboxylic acid groups (broad SMARTS) is 3. The summed E-state index contributed by atoms with van der Waals surface area (Å²) in [6.45, 7) is 26.9. The molecule has 43 nitrogen and oxygen atoms in total. The molecule has 0 bridgehead atoms. The van der Waals surface area contributed by atoms with Gasteiger partial charge in [-0.3, -0.25) is 52.7 Å². The van der Waals surface area contributed by atoms with Crippen LogP contribution in [-0.4, -0.2) is 353 Å². The Balaban J connectivity index is -0.000000126. The number of rotatable bonds is 51. The zero-order chi connectivity index (χ0) is 106. The summed E-state index contributed by atoms with van der Waals surface area (Å²) in [4.78, 5) is 192. The number of hydrogen-bond donors (Lipinski definition) is 17. The van der Waals surface area contributed by atoms with E-state index in [-0.39, 0.29) is 73.0 Å². The zero-order valence-electron chi connectivity index (χ0n) is 84.4. The lowest BCUT2D eigenvalue weighted by Gasteiger charge is -2.30. The first-order chi connectivity index (χ1) is 62.4. The van der Waals surface area contributed by atoms with Crippen LogP contribution in [0.4, 0.5) is 19.2 Å². The molecule has 0 fully saturated rings. The Morgan fingerprint density at radius 3 is 1.04 bits per heavy atom. The van der Waals surface area contributed by atoms with Crippen molar-refractivity contribution in [3.8, 4) is 11.6 Å². The fourth-order valence-corrected chi connectivity index (χ4v) is 8.72. The second kappa shape index (κ2) is 124. The van der Waals surface area contributed by atoms with E-state index >= 15 is 0 Å². The number of carbonyl (C=O) groups excluding carboxylic acids is 12. The number of nitrogens with one attached hydrogen (secondary N) is 11. The minimum atomic E-state index is -1.10. The molecule has 0 aliphatic rings. The van der Waals surface area contributed by atoms with Crippen LogP contribution in [0.2, 0.25) is 0 Å². The monoisotopic (exact) mass is 2050 g/mol. The summed E-state index contributed by atoms with van der Waals surface area (Å²) in [6, 6.07) is -2.90. The quantitative estimate of drug-likeness (QED) is 0.00917. The molecule has 0 aromatic rings. The topological polar surface area (TPSA) is 628 Å². The molecule has 0 rings (SSSR count). The van der Waals surface area contributed by atoms with Crippen LogP contribution in [0.5, 0.6) is 0 Å². The number of nitrogens with two attached hydrogens (primary N) is 3. The van der Waals surface area contributed by atoms with E-state index in [9.17, 15) is 57.5 Å². The number of unbranched alkanes of at least 4 members (excludes halogenated alkanes) is 8. The number of ether oxygens (including phenoxy) is 2. The van der Waals surface area contributed by atoms with Crippen LogP contribution in [0.1, 0.15) is 199 Å². The van der Waals surface area contributed by atoms with Crippen molar-refractivity contribution in [3.05, 3.63) is 0 Å². The van der Waals surface area contributed by atoms with Crippen molar-refractivity contribution < 1.29 is 106 Å². The standard InChI is InChI=1S/C37H72N10O9.C21H41N5O5.C6H13NO2.3C2H4O2.3C2H6S2.2CH2NP.3CH5N/c1-8-46(9-2)36(53)55-42-24-17-12-14-21-31(48)40-23-19-16-20-29(35(52)45(7)30(28-33(50)39-6)34(51)41-27-26-38-5)44-32(49)22-15-13-18-25-43-56-37(54)47(10-3)11-4;1-6-26(7-2)21(30)31-15-11-9-8-10-12-19(28)25(5)17(16-18(27)23-4)20(29)24-14-13-22-3;1-6(2,3)9-5(8)7-4;3*1-2(3)4;3*1-3-4-2;2*2-1-3;3*1-2/h29-30,38,42-43H,8-28H2,1-7H3,(H,39,50)(H,40,48)(H,41,51)(H,44,49);17,22H,6-16H2,1-5H3,(H,23,27)(H,24,29);1-4H3,(H,7,8);3*1H3,(H,3,4);3*1-2H3;2*3H2;3*2H2,1H3/t29-,30-;17-;;;;;;;;;;;;/m00............/s1. The summed E-state index contributed by atoms with van der Waals surface area (Å²) in [6.07, 6.45) is 19.7. The fraction of sp³-hybridized carbons (Fsp3) is 0.790. The summed E-state index contributed by atoms with van der Waals surface area (Å²) in [5.74, 6) is -1.81. The van der Waals surface area contributed by atoms with Crippen LogP contribution < -0.4 is 76.0 Å². The first-order valence-corrected chi connectivity index (χ1v) is 52.8. The molecule has 0 spiro atoms. The maximum absolute atomic E-state index is 13.8. The number of hydroxylamine groups is 2. The molecule has 0 aliphatic heterocycles. The Labute approximate surface area is 818 Å². The van der Waals surface area contributed by atoms with Gasteiger partial charge in [-0.25, -0.2) is 19.2 Å². The molecule has 5 atom stereocenters. The lowest BCUT2D eigenvalue weighted by Crippen LogP contribution is -2.55. The third-order valence-corrected chi connectivity index (χ3v) is 19.2. The molecule has 2 unspecified atom stereocenters. The van der Waals surface area contributed by atoms with E-state index < -0.39 is 65.9 Å². The summed E-state index contributed by atoms with van der Waals surface area (Å²) < 4.78 is 10.1. The first kappa shape index (κ1) is 156. The van der Waals surface area contributed by atoms with Crippen molar-refractivity contribution in [2.24, 2.45) is 17.2 Å². The second-order valence-electron chi connectivity index (χ2n) is 26.0. The Morgan fingerprint density at radius 1 is 0.417 bits per heavy atom. The highest BCUT2D eigenvalue weighted by Crippen LogP contribution is 2.15. The zero-order valence-corrected chi connectivity index (χ0v) is 91.6. The van der Waals surface area contributed by atoms with E-state index in [4.69, 9.17) is 59.4 Å². The van der Waals surface area contributed by atoms with E-state index in [2.05, 4.69) is 114 Å². The molecule has 782 valence electrons. The predicted molar refractivity (Wildman–Crippen MR) is 550 cm³/mol. The molecule has 0 aromatic carbocycles. The lowest BCUT2D eigenvalue weighted by molar-refractivity contribution is -0.143. The maximum Gasteiger partial charge on any atom is 0.428 e. The Hall–Kier alpha value is -7.09. The van der Waals surface area contributed by atoms with E-state index in [0.29, 0.717) is 149 Å². The van der Waals surface area contributed by atoms with Gasteiger partial charge in [0.05, 0.1) is 31.1 Å². The van der Waals surface area contributed by atoms with Crippen LogP contribution in [0.15, 0.2) is 0 Å². The van der Waals surface area contributed by atoms with Gasteiger partial charge in [-0.2, -0.15) is 21.5 Å². The number of nitrogens with zero attached hydrogens (tertiary/aromatic N) is 7. The summed E-state index contributed by atoms with van der Waals surface area (Å²) in [5.41, 5.74) is 18.4. The smallest absolute Gasteiger partial charge is 0.428 e. The van der Waals surface area contributed by atoms with Crippen LogP contribution in [0.3, 0.4) is 0 Å². The fourth-order valence-electron chi connectivity index (χ4n) is 8.72. The SMILES string of the molecule is CC(=O)O.CC(=O)O.CC(=O)O.CCN(CC)C(=O)OCCCCCCC(=O)N(C)[C@@H](CC(=O)NC)C(=O)NCCNC.CCN(CC)C(=O)ONCCCCCC(=O)NCCCC[C@H](NC(=O)CCCCCNOC(=O)N(CC)CC)C(=O)N(C)[C@@H](CC(=O)NC)C(=O)NCCNC.CN.CN.CN.CNC(=O)OC(C)(C)C.CSSC.CSSC.CSSC.N#CP.N#CP. The summed E-state index contributed by atoms with van der Waals surface area (Å²) >= 11 is 0. The number of amides is 12. The van der Waals surface area contributed by atoms with Gasteiger partial charge >= 0.3 is 24.4 Å². The molecule has 0 heterocycles. The normalized spacial score (nSPS) is 9.90. The highest BCUT2D eigenvalue weighted by atomic mass is 33.1. The molecule has 0 aromatic heterocycles. The predicted octanol–water partition coefficient (Wildman–Crippen LogP) is 7.56. The molecule has 0 saturated heterocycles. The molecule has 0 radical (unpaired) electrons. The number of nitriles is 2. The van der Waals surface area contributed by atoms with E-state index in [1.165, 1.54) is 59.1 Å². The van der Waals surface area contributed by atoms with Crippen LogP contribution >= 0.6 is 83.2 Å². The summed E-state index contributed by atoms with van der Waals surface area (Å²) in [7, 11) is 29.9. The van der Waals surface area contributed by atoms with Crippen molar-refractivity contribution in [1.82, 2.24) is 83.3 Å². The largest absolute Gasteiger partial charge is 0.481 e. The van der Waals surface area contributed by atoms with E-state index in [1.807, 2.05) is 80.8 Å². The number of carbonyl (C=O) groups is 15. The lowest BCUT2D eigenvalue weighted by atomic mass is 10.0. The van der Waals surface area contributed by atoms with Crippen molar-refractivity contribution >= 4 is 173 Å². The highest BCUT2D eigenvalue weighted by Gasteiger charge is 2.34. The van der Waals surface area contributed by atoms with E-state index in [0.717, 1.165) is 52.9 Å². The van der Waals surface area contributed by atoms with Gasteiger partial charge in [0, 0.05) is 160 Å². The number of aliphatic carboxylic acids is 3. The molecule has 20 N–H and O–H groups in total. The number of hydrogen-bond acceptors (Lipinski definition) is 34. The highest BCUT2D eigenvalue weighted by molar-refractivity contribution is 8.76. The first-order valence-electron chi connectivity index (χ1n) is 42.7. The summed E-state index contributed by atoms with van der Waals surface area (Å²) in [5, 5.41) is 61.2. The van der Waals surface area contributed by atoms with Gasteiger partial charge in [0.2, 0.25) is 47.3 Å². The van der Waals surface area contributed by atoms with Crippen molar-refractivity contribution in [1.29, 1.82) is 10.5 Å². The Bertz CT molecular complexity index is 2830. The molecule has 51 heteroatoms. The minimum Gasteiger partial charge on any atom is -0.481 e. The van der Waals surface area contributed by atoms with Crippen LogP contribution in [0, 0.1) is 22.1 Å². The van der Waals surface area contributed by atoms with Crippen molar-refractivity contribution in [3.63, 3.8) is 0 Å². The molecular weight excluding hydrogens is 1870 g/mol. The van der Waals surface area contributed by atoms with Gasteiger partial charge in [-0.15, -0.1) is 0 Å². The van der Waals surface area contributed by atoms with Gasteiger partial charge in [0.15, 0.2) is 0 Å². The van der Waals surface area contributed by atoms with Crippen LogP contribution in [0.25, 0.3) is 0 Å². The average molecular weight is 2050 g/mol. The molecule has 12 amide bonds. The molecule has 0 saturated carbocycles.